The summed E-state index contributed by atoms with van der Waals surface area (Å²) in [5.74, 6) is -0.558. The summed E-state index contributed by atoms with van der Waals surface area (Å²) in [7, 11) is -2.52. The second-order valence-electron chi connectivity index (χ2n) is 4.37. The molecule has 7 nitrogen and oxygen atoms in total. The van der Waals surface area contributed by atoms with E-state index in [0.29, 0.717) is 10.2 Å². The molecule has 0 saturated carbocycles. The molecule has 0 radical (unpaired) electrons. The Morgan fingerprint density at radius 2 is 1.91 bits per heavy atom. The van der Waals surface area contributed by atoms with Crippen LogP contribution >= 0.6 is 15.9 Å². The number of rotatable bonds is 5. The van der Waals surface area contributed by atoms with Crippen LogP contribution in [0, 0.1) is 0 Å². The van der Waals surface area contributed by atoms with Crippen LogP contribution in [0.2, 0.25) is 0 Å². The topological polar surface area (TPSA) is 105 Å². The standard InChI is InChI=1S/C14H13BrN2O5S/c1-22-13-7-6-9(8-11(13)15)23(20,21)17-16-14(19)10-4-2-3-5-12(10)18/h2-8,17-18H,1H3,(H,16,19). The van der Waals surface area contributed by atoms with E-state index in [0.717, 1.165) is 0 Å². The molecule has 0 heterocycles. The molecule has 0 unspecified atom stereocenters. The van der Waals surface area contributed by atoms with Crippen LogP contribution < -0.4 is 15.0 Å². The zero-order valence-electron chi connectivity index (χ0n) is 11.9. The Morgan fingerprint density at radius 3 is 2.52 bits per heavy atom. The fourth-order valence-corrected chi connectivity index (χ4v) is 3.28. The Hall–Kier alpha value is -2.10. The molecule has 0 fully saturated rings. The lowest BCUT2D eigenvalue weighted by Gasteiger charge is -2.10. The van der Waals surface area contributed by atoms with E-state index in [2.05, 4.69) is 15.9 Å². The molecule has 9 heteroatoms. The molecule has 0 spiro atoms. The molecule has 0 aliphatic heterocycles. The minimum absolute atomic E-state index is 0.0499. The molecule has 2 rings (SSSR count). The van der Waals surface area contributed by atoms with Crippen molar-refractivity contribution in [2.75, 3.05) is 7.11 Å². The maximum atomic E-state index is 12.2. The number of methoxy groups -OCH3 is 1. The van der Waals surface area contributed by atoms with Gasteiger partial charge in [0.1, 0.15) is 11.5 Å². The number of phenols is 1. The molecule has 2 aromatic rings. The van der Waals surface area contributed by atoms with Crippen LogP contribution in [0.3, 0.4) is 0 Å². The first-order chi connectivity index (χ1) is 10.8. The van der Waals surface area contributed by atoms with Gasteiger partial charge in [0.2, 0.25) is 0 Å². The maximum Gasteiger partial charge on any atom is 0.269 e. The Morgan fingerprint density at radius 1 is 1.22 bits per heavy atom. The van der Waals surface area contributed by atoms with E-state index in [4.69, 9.17) is 4.74 Å². The van der Waals surface area contributed by atoms with Crippen LogP contribution in [-0.4, -0.2) is 26.5 Å². The van der Waals surface area contributed by atoms with Crippen molar-refractivity contribution < 1.29 is 23.1 Å². The summed E-state index contributed by atoms with van der Waals surface area (Å²) in [4.78, 5) is 13.8. The summed E-state index contributed by atoms with van der Waals surface area (Å²) >= 11 is 3.19. The molecule has 0 bridgehead atoms. The first kappa shape index (κ1) is 17.3. The van der Waals surface area contributed by atoms with Gasteiger partial charge in [0, 0.05) is 0 Å². The van der Waals surface area contributed by atoms with Gasteiger partial charge in [-0.3, -0.25) is 10.2 Å². The summed E-state index contributed by atoms with van der Waals surface area (Å²) in [5.41, 5.74) is 1.99. The highest BCUT2D eigenvalue weighted by Crippen LogP contribution is 2.27. The van der Waals surface area contributed by atoms with Gasteiger partial charge in [-0.05, 0) is 46.3 Å². The highest BCUT2D eigenvalue weighted by molar-refractivity contribution is 9.10. The van der Waals surface area contributed by atoms with E-state index < -0.39 is 15.9 Å². The van der Waals surface area contributed by atoms with Gasteiger partial charge in [0.15, 0.2) is 0 Å². The SMILES string of the molecule is COc1ccc(S(=O)(=O)NNC(=O)c2ccccc2O)cc1Br. The van der Waals surface area contributed by atoms with Gasteiger partial charge < -0.3 is 9.84 Å². The average molecular weight is 401 g/mol. The molecular weight excluding hydrogens is 388 g/mol. The van der Waals surface area contributed by atoms with Crippen LogP contribution in [0.15, 0.2) is 51.8 Å². The first-order valence-electron chi connectivity index (χ1n) is 6.29. The number of benzene rings is 2. The number of carbonyl (C=O) groups is 1. The fraction of sp³-hybridized carbons (Fsp3) is 0.0714. The third-order valence-electron chi connectivity index (χ3n) is 2.88. The van der Waals surface area contributed by atoms with Crippen LogP contribution in [0.1, 0.15) is 10.4 Å². The zero-order chi connectivity index (χ0) is 17.0. The van der Waals surface area contributed by atoms with E-state index in [9.17, 15) is 18.3 Å². The van der Waals surface area contributed by atoms with Gasteiger partial charge in [-0.2, -0.15) is 0 Å². The number of nitrogens with one attached hydrogen (secondary N) is 2. The fourth-order valence-electron chi connectivity index (χ4n) is 1.72. The molecule has 0 aromatic heterocycles. The number of hydrogen-bond acceptors (Lipinski definition) is 5. The van der Waals surface area contributed by atoms with Crippen LogP contribution in [0.25, 0.3) is 0 Å². The molecular formula is C14H13BrN2O5S. The molecule has 0 aliphatic carbocycles. The summed E-state index contributed by atoms with van der Waals surface area (Å²) in [6.45, 7) is 0. The molecule has 0 atom stereocenters. The largest absolute Gasteiger partial charge is 0.507 e. The minimum Gasteiger partial charge on any atom is -0.507 e. The number of hydrogen-bond donors (Lipinski definition) is 3. The minimum atomic E-state index is -3.97. The van der Waals surface area contributed by atoms with Crippen molar-refractivity contribution in [2.45, 2.75) is 4.90 Å². The number of para-hydroxylation sites is 1. The first-order valence-corrected chi connectivity index (χ1v) is 8.56. The molecule has 0 saturated heterocycles. The van der Waals surface area contributed by atoms with Crippen molar-refractivity contribution in [1.82, 2.24) is 10.3 Å². The molecule has 23 heavy (non-hydrogen) atoms. The van der Waals surface area contributed by atoms with E-state index >= 15 is 0 Å². The van der Waals surface area contributed by atoms with E-state index in [1.54, 1.807) is 12.1 Å². The van der Waals surface area contributed by atoms with Gasteiger partial charge in [0.05, 0.1) is 22.0 Å². The second-order valence-corrected chi connectivity index (χ2v) is 6.91. The number of amides is 1. The summed E-state index contributed by atoms with van der Waals surface area (Å²) < 4.78 is 29.8. The van der Waals surface area contributed by atoms with Crippen LogP contribution in [-0.2, 0) is 10.0 Å². The van der Waals surface area contributed by atoms with Gasteiger partial charge >= 0.3 is 0 Å². The number of ether oxygens (including phenoxy) is 1. The monoisotopic (exact) mass is 400 g/mol. The van der Waals surface area contributed by atoms with E-state index in [-0.39, 0.29) is 16.2 Å². The molecule has 0 aliphatic rings. The summed E-state index contributed by atoms with van der Waals surface area (Å²) in [6, 6.07) is 9.93. The predicted octanol–water partition coefficient (Wildman–Crippen LogP) is 1.79. The van der Waals surface area contributed by atoms with Gasteiger partial charge in [-0.1, -0.05) is 12.1 Å². The Bertz CT molecular complexity index is 839. The third-order valence-corrected chi connectivity index (χ3v) is 4.75. The average Bonchev–Trinajstić information content (AvgIpc) is 2.53. The lowest BCUT2D eigenvalue weighted by molar-refractivity contribution is 0.0942. The lowest BCUT2D eigenvalue weighted by Crippen LogP contribution is -2.41. The van der Waals surface area contributed by atoms with Gasteiger partial charge in [-0.25, -0.2) is 8.42 Å². The molecule has 122 valence electrons. The Balaban J connectivity index is 2.14. The zero-order valence-corrected chi connectivity index (χ0v) is 14.3. The Kier molecular flexibility index (Phi) is 5.24. The lowest BCUT2D eigenvalue weighted by atomic mass is 10.2. The summed E-state index contributed by atoms with van der Waals surface area (Å²) in [6.07, 6.45) is 0. The van der Waals surface area contributed by atoms with Gasteiger partial charge in [0.25, 0.3) is 15.9 Å². The van der Waals surface area contributed by atoms with Crippen LogP contribution in [0.4, 0.5) is 0 Å². The summed E-state index contributed by atoms with van der Waals surface area (Å²) in [5, 5.41) is 9.56. The highest BCUT2D eigenvalue weighted by atomic mass is 79.9. The predicted molar refractivity (Wildman–Crippen MR) is 86.6 cm³/mol. The van der Waals surface area contributed by atoms with Crippen molar-refractivity contribution in [2.24, 2.45) is 0 Å². The quantitative estimate of drug-likeness (QED) is 0.663. The maximum absolute atomic E-state index is 12.2. The smallest absolute Gasteiger partial charge is 0.269 e. The molecule has 3 N–H and O–H groups in total. The molecule has 2 aromatic carbocycles. The van der Waals surface area contributed by atoms with Crippen molar-refractivity contribution in [3.05, 3.63) is 52.5 Å². The number of carbonyl (C=O) groups excluding carboxylic acids is 1. The van der Waals surface area contributed by atoms with Crippen molar-refractivity contribution in [3.63, 3.8) is 0 Å². The number of phenolic OH excluding ortho intramolecular Hbond substituents is 1. The van der Waals surface area contributed by atoms with E-state index in [1.807, 2.05) is 10.3 Å². The molecule has 1 amide bonds. The Labute approximate surface area is 141 Å². The highest BCUT2D eigenvalue weighted by Gasteiger charge is 2.18. The second kappa shape index (κ2) is 6.99. The normalized spacial score (nSPS) is 11.0. The number of aromatic hydroxyl groups is 1. The van der Waals surface area contributed by atoms with Crippen molar-refractivity contribution in [3.8, 4) is 11.5 Å². The van der Waals surface area contributed by atoms with Gasteiger partial charge in [-0.15, -0.1) is 4.83 Å². The number of halogens is 1. The number of hydrazine groups is 1. The van der Waals surface area contributed by atoms with Crippen molar-refractivity contribution >= 4 is 31.9 Å². The van der Waals surface area contributed by atoms with Crippen LogP contribution in [0.5, 0.6) is 11.5 Å². The third kappa shape index (κ3) is 4.01. The van der Waals surface area contributed by atoms with E-state index in [1.165, 1.54) is 37.4 Å². The number of sulfonamides is 1. The van der Waals surface area contributed by atoms with Crippen molar-refractivity contribution in [1.29, 1.82) is 0 Å².